The summed E-state index contributed by atoms with van der Waals surface area (Å²) in [5.74, 6) is 1.98. The number of amides is 2. The van der Waals surface area contributed by atoms with Crippen LogP contribution in [0.2, 0.25) is 0 Å². The van der Waals surface area contributed by atoms with Gasteiger partial charge in [0, 0.05) is 51.4 Å². The maximum atomic E-state index is 13.0. The van der Waals surface area contributed by atoms with Crippen LogP contribution in [-0.2, 0) is 16.0 Å². The average Bonchev–Trinajstić information content (AvgIpc) is 3.18. The van der Waals surface area contributed by atoms with Crippen LogP contribution in [0.5, 0.6) is 0 Å². The van der Waals surface area contributed by atoms with Gasteiger partial charge in [-0.3, -0.25) is 9.59 Å². The second-order valence-corrected chi connectivity index (χ2v) is 7.83. The Labute approximate surface area is 149 Å². The third-order valence-corrected chi connectivity index (χ3v) is 5.91. The van der Waals surface area contributed by atoms with Gasteiger partial charge in [0.2, 0.25) is 11.8 Å². The first kappa shape index (κ1) is 16.6. The molecule has 1 saturated carbocycles. The van der Waals surface area contributed by atoms with E-state index in [1.54, 1.807) is 0 Å². The SMILES string of the molecule is CCc1nccn1[C@H]1CCCN(C(=O)[C@@H]2CC(=O)N(CC3CC3)C2)C1. The molecule has 0 spiro atoms. The highest BCUT2D eigenvalue weighted by atomic mass is 16.2. The fourth-order valence-corrected chi connectivity index (χ4v) is 4.32. The standard InChI is InChI=1S/C19H28N4O2/c1-2-17-20-7-9-23(17)16-4-3-8-21(13-16)19(25)15-10-18(24)22(12-15)11-14-5-6-14/h7,9,14-16H,2-6,8,10-13H2,1H3/t15-,16+/m1/s1. The lowest BCUT2D eigenvalue weighted by Gasteiger charge is -2.35. The Hall–Kier alpha value is -1.85. The number of imidazole rings is 1. The molecule has 4 rings (SSSR count). The van der Waals surface area contributed by atoms with Crippen molar-refractivity contribution in [1.82, 2.24) is 19.4 Å². The number of hydrogen-bond acceptors (Lipinski definition) is 3. The maximum Gasteiger partial charge on any atom is 0.228 e. The minimum atomic E-state index is -0.140. The topological polar surface area (TPSA) is 58.4 Å². The summed E-state index contributed by atoms with van der Waals surface area (Å²) in [6.07, 6.45) is 9.78. The van der Waals surface area contributed by atoms with Gasteiger partial charge in [-0.1, -0.05) is 6.92 Å². The first-order valence-corrected chi connectivity index (χ1v) is 9.74. The van der Waals surface area contributed by atoms with Gasteiger partial charge in [0.25, 0.3) is 0 Å². The van der Waals surface area contributed by atoms with Crippen LogP contribution in [0.15, 0.2) is 12.4 Å². The van der Waals surface area contributed by atoms with Gasteiger partial charge in [0.05, 0.1) is 12.0 Å². The molecule has 2 atom stereocenters. The average molecular weight is 344 g/mol. The highest BCUT2D eigenvalue weighted by Gasteiger charge is 2.39. The van der Waals surface area contributed by atoms with Crippen molar-refractivity contribution in [2.45, 2.75) is 51.5 Å². The Morgan fingerprint density at radius 2 is 2.12 bits per heavy atom. The Kier molecular flexibility index (Phi) is 4.52. The van der Waals surface area contributed by atoms with E-state index in [1.165, 1.54) is 12.8 Å². The number of aromatic nitrogens is 2. The van der Waals surface area contributed by atoms with Gasteiger partial charge in [-0.05, 0) is 31.6 Å². The highest BCUT2D eigenvalue weighted by molar-refractivity contribution is 5.89. The first-order chi connectivity index (χ1) is 12.2. The molecule has 6 heteroatoms. The van der Waals surface area contributed by atoms with Crippen molar-refractivity contribution in [3.05, 3.63) is 18.2 Å². The van der Waals surface area contributed by atoms with E-state index in [0.717, 1.165) is 44.7 Å². The predicted molar refractivity (Wildman–Crippen MR) is 93.9 cm³/mol. The van der Waals surface area contributed by atoms with Crippen LogP contribution in [0.25, 0.3) is 0 Å². The molecular formula is C19H28N4O2. The fraction of sp³-hybridized carbons (Fsp3) is 0.737. The summed E-state index contributed by atoms with van der Waals surface area (Å²) in [4.78, 5) is 33.5. The van der Waals surface area contributed by atoms with E-state index >= 15 is 0 Å². The van der Waals surface area contributed by atoms with E-state index in [2.05, 4.69) is 16.5 Å². The predicted octanol–water partition coefficient (Wildman–Crippen LogP) is 1.87. The monoisotopic (exact) mass is 344 g/mol. The maximum absolute atomic E-state index is 13.0. The summed E-state index contributed by atoms with van der Waals surface area (Å²) in [7, 11) is 0. The molecule has 0 aromatic carbocycles. The number of aryl methyl sites for hydroxylation is 1. The molecule has 3 fully saturated rings. The lowest BCUT2D eigenvalue weighted by atomic mass is 10.0. The summed E-state index contributed by atoms with van der Waals surface area (Å²) in [6, 6.07) is 0.315. The quantitative estimate of drug-likeness (QED) is 0.819. The summed E-state index contributed by atoms with van der Waals surface area (Å²) in [6.45, 7) is 5.16. The molecule has 1 aromatic rings. The Balaban J connectivity index is 1.39. The van der Waals surface area contributed by atoms with Crippen LogP contribution in [0, 0.1) is 11.8 Å². The van der Waals surface area contributed by atoms with Crippen LogP contribution < -0.4 is 0 Å². The number of carbonyl (C=O) groups excluding carboxylic acids is 2. The molecule has 136 valence electrons. The highest BCUT2D eigenvalue weighted by Crippen LogP contribution is 2.33. The third-order valence-electron chi connectivity index (χ3n) is 5.91. The van der Waals surface area contributed by atoms with Gasteiger partial charge in [-0.25, -0.2) is 4.98 Å². The smallest absolute Gasteiger partial charge is 0.228 e. The number of piperidine rings is 1. The van der Waals surface area contributed by atoms with Crippen molar-refractivity contribution in [3.8, 4) is 0 Å². The lowest BCUT2D eigenvalue weighted by Crippen LogP contribution is -2.44. The summed E-state index contributed by atoms with van der Waals surface area (Å²) in [5, 5.41) is 0. The van der Waals surface area contributed by atoms with E-state index in [0.29, 0.717) is 24.9 Å². The number of likely N-dealkylation sites (tertiary alicyclic amines) is 2. The molecule has 1 aliphatic carbocycles. The molecule has 2 saturated heterocycles. The molecule has 1 aromatic heterocycles. The van der Waals surface area contributed by atoms with Crippen LogP contribution in [0.1, 0.15) is 50.9 Å². The van der Waals surface area contributed by atoms with Gasteiger partial charge in [-0.2, -0.15) is 0 Å². The number of nitrogens with zero attached hydrogens (tertiary/aromatic N) is 4. The molecule has 2 amide bonds. The van der Waals surface area contributed by atoms with Crippen molar-refractivity contribution >= 4 is 11.8 Å². The van der Waals surface area contributed by atoms with Gasteiger partial charge in [0.15, 0.2) is 0 Å². The molecule has 3 heterocycles. The Bertz CT molecular complexity index is 652. The summed E-state index contributed by atoms with van der Waals surface area (Å²) >= 11 is 0. The number of rotatable bonds is 5. The second kappa shape index (κ2) is 6.81. The van der Waals surface area contributed by atoms with Gasteiger partial charge in [-0.15, -0.1) is 0 Å². The zero-order chi connectivity index (χ0) is 17.4. The number of carbonyl (C=O) groups is 2. The third kappa shape index (κ3) is 3.44. The van der Waals surface area contributed by atoms with E-state index in [1.807, 2.05) is 22.2 Å². The van der Waals surface area contributed by atoms with Gasteiger partial charge >= 0.3 is 0 Å². The minimum Gasteiger partial charge on any atom is -0.342 e. The summed E-state index contributed by atoms with van der Waals surface area (Å²) in [5.41, 5.74) is 0. The van der Waals surface area contributed by atoms with E-state index in [4.69, 9.17) is 0 Å². The molecule has 3 aliphatic rings. The molecule has 0 radical (unpaired) electrons. The normalized spacial score (nSPS) is 27.2. The molecule has 25 heavy (non-hydrogen) atoms. The zero-order valence-corrected chi connectivity index (χ0v) is 15.1. The van der Waals surface area contributed by atoms with Crippen LogP contribution in [0.4, 0.5) is 0 Å². The van der Waals surface area contributed by atoms with Crippen molar-refractivity contribution in [1.29, 1.82) is 0 Å². The van der Waals surface area contributed by atoms with Crippen LogP contribution in [0.3, 0.4) is 0 Å². The van der Waals surface area contributed by atoms with E-state index < -0.39 is 0 Å². The van der Waals surface area contributed by atoms with Crippen molar-refractivity contribution in [2.24, 2.45) is 11.8 Å². The molecule has 0 bridgehead atoms. The molecule has 0 N–H and O–H groups in total. The zero-order valence-electron chi connectivity index (χ0n) is 15.1. The second-order valence-electron chi connectivity index (χ2n) is 7.83. The van der Waals surface area contributed by atoms with Crippen LogP contribution >= 0.6 is 0 Å². The van der Waals surface area contributed by atoms with Crippen molar-refractivity contribution < 1.29 is 9.59 Å². The molecular weight excluding hydrogens is 316 g/mol. The summed E-state index contributed by atoms with van der Waals surface area (Å²) < 4.78 is 2.23. The van der Waals surface area contributed by atoms with Crippen LogP contribution in [-0.4, -0.2) is 57.3 Å². The fourth-order valence-electron chi connectivity index (χ4n) is 4.32. The Morgan fingerprint density at radius 1 is 1.28 bits per heavy atom. The van der Waals surface area contributed by atoms with Gasteiger partial charge in [0.1, 0.15) is 5.82 Å². The van der Waals surface area contributed by atoms with Crippen molar-refractivity contribution in [3.63, 3.8) is 0 Å². The lowest BCUT2D eigenvalue weighted by molar-refractivity contribution is -0.137. The Morgan fingerprint density at radius 3 is 2.88 bits per heavy atom. The number of hydrogen-bond donors (Lipinski definition) is 0. The van der Waals surface area contributed by atoms with Gasteiger partial charge < -0.3 is 14.4 Å². The van der Waals surface area contributed by atoms with E-state index in [9.17, 15) is 9.59 Å². The molecule has 2 aliphatic heterocycles. The minimum absolute atomic E-state index is 0.140. The largest absolute Gasteiger partial charge is 0.342 e. The van der Waals surface area contributed by atoms with E-state index in [-0.39, 0.29) is 17.7 Å². The molecule has 6 nitrogen and oxygen atoms in total. The first-order valence-electron chi connectivity index (χ1n) is 9.74. The molecule has 0 unspecified atom stereocenters. The van der Waals surface area contributed by atoms with Crippen molar-refractivity contribution in [2.75, 3.05) is 26.2 Å².